The van der Waals surface area contributed by atoms with Crippen LogP contribution in [0.5, 0.6) is 0 Å². The van der Waals surface area contributed by atoms with Crippen molar-refractivity contribution >= 4 is 46.4 Å². The Morgan fingerprint density at radius 3 is 2.61 bits per heavy atom. The molecule has 0 bridgehead atoms. The maximum absolute atomic E-state index is 13.6. The maximum Gasteiger partial charge on any atom is 0.254 e. The lowest BCUT2D eigenvalue weighted by Crippen LogP contribution is -2.34. The minimum absolute atomic E-state index is 0.0991. The Bertz CT molecular complexity index is 1850. The van der Waals surface area contributed by atoms with Gasteiger partial charge in [-0.3, -0.25) is 19.0 Å². The molecule has 2 N–H and O–H groups in total. The second-order valence-corrected chi connectivity index (χ2v) is 10.3. The summed E-state index contributed by atoms with van der Waals surface area (Å²) in [5.74, 6) is -0.499. The molecular weight excluding hydrogens is 565 g/mol. The first-order valence-corrected chi connectivity index (χ1v) is 13.3. The molecule has 0 aliphatic carbocycles. The van der Waals surface area contributed by atoms with Gasteiger partial charge in [0.25, 0.3) is 5.56 Å². The highest BCUT2D eigenvalue weighted by Gasteiger charge is 2.25. The molecule has 10 nitrogen and oxygen atoms in total. The van der Waals surface area contributed by atoms with Crippen molar-refractivity contribution in [3.63, 3.8) is 0 Å². The largest absolute Gasteiger partial charge is 0.326 e. The van der Waals surface area contributed by atoms with Gasteiger partial charge in [-0.15, -0.1) is 5.10 Å². The number of rotatable bonds is 7. The van der Waals surface area contributed by atoms with Gasteiger partial charge >= 0.3 is 0 Å². The minimum atomic E-state index is -0.910. The van der Waals surface area contributed by atoms with E-state index in [0.29, 0.717) is 27.7 Å². The molecule has 0 unspecified atom stereocenters. The van der Waals surface area contributed by atoms with Crippen LogP contribution in [0.1, 0.15) is 17.2 Å². The summed E-state index contributed by atoms with van der Waals surface area (Å²) in [7, 11) is 0. The maximum atomic E-state index is 13.6. The third-order valence-corrected chi connectivity index (χ3v) is 7.10. The van der Waals surface area contributed by atoms with E-state index in [9.17, 15) is 14.4 Å². The van der Waals surface area contributed by atoms with Gasteiger partial charge in [0.05, 0.1) is 30.3 Å². The molecule has 3 heterocycles. The average molecular weight is 586 g/mol. The van der Waals surface area contributed by atoms with Crippen molar-refractivity contribution in [2.24, 2.45) is 0 Å². The third kappa shape index (κ3) is 5.60. The zero-order chi connectivity index (χ0) is 28.5. The van der Waals surface area contributed by atoms with Crippen LogP contribution in [0.4, 0.5) is 11.4 Å². The van der Waals surface area contributed by atoms with Crippen molar-refractivity contribution in [1.29, 1.82) is 0 Å². The average Bonchev–Trinajstić information content (AvgIpc) is 3.56. The summed E-state index contributed by atoms with van der Waals surface area (Å²) in [5, 5.41) is 14.1. The number of benzene rings is 3. The summed E-state index contributed by atoms with van der Waals surface area (Å²) in [5.41, 5.74) is 3.92. The molecule has 204 valence electrons. The first kappa shape index (κ1) is 26.4. The van der Waals surface area contributed by atoms with Crippen LogP contribution in [-0.4, -0.2) is 36.4 Å². The summed E-state index contributed by atoms with van der Waals surface area (Å²) in [6.07, 6.45) is 3.37. The number of amides is 2. The zero-order valence-electron chi connectivity index (χ0n) is 21.3. The van der Waals surface area contributed by atoms with Crippen molar-refractivity contribution in [1.82, 2.24) is 24.5 Å². The number of halogens is 2. The molecular formula is C29H21Cl2N7O3. The Morgan fingerprint density at radius 1 is 1.02 bits per heavy atom. The van der Waals surface area contributed by atoms with E-state index in [1.165, 1.54) is 27.8 Å². The molecule has 0 fully saturated rings. The number of aromatic nitrogens is 5. The molecule has 12 heteroatoms. The van der Waals surface area contributed by atoms with Crippen LogP contribution in [-0.2, 0) is 22.4 Å². The van der Waals surface area contributed by atoms with Crippen LogP contribution < -0.4 is 16.2 Å². The number of hydrogen-bond donors (Lipinski definition) is 2. The molecule has 2 amide bonds. The minimum Gasteiger partial charge on any atom is -0.326 e. The molecule has 0 radical (unpaired) electrons. The van der Waals surface area contributed by atoms with Crippen LogP contribution in [0, 0.1) is 0 Å². The van der Waals surface area contributed by atoms with E-state index in [1.807, 2.05) is 30.3 Å². The lowest BCUT2D eigenvalue weighted by molar-refractivity contribution is -0.119. The van der Waals surface area contributed by atoms with Crippen LogP contribution in [0.3, 0.4) is 0 Å². The molecule has 1 aliphatic rings. The number of nitrogens with zero attached hydrogens (tertiary/aromatic N) is 5. The Balaban J connectivity index is 1.35. The number of hydrogen-bond acceptors (Lipinski definition) is 6. The van der Waals surface area contributed by atoms with Gasteiger partial charge in [0.2, 0.25) is 11.8 Å². The van der Waals surface area contributed by atoms with E-state index in [0.717, 1.165) is 16.8 Å². The van der Waals surface area contributed by atoms with Gasteiger partial charge in [-0.1, -0.05) is 58.7 Å². The van der Waals surface area contributed by atoms with E-state index in [-0.39, 0.29) is 23.9 Å². The summed E-state index contributed by atoms with van der Waals surface area (Å²) in [6.45, 7) is 0. The fourth-order valence-electron chi connectivity index (χ4n) is 4.75. The molecule has 5 aromatic rings. The van der Waals surface area contributed by atoms with Crippen LogP contribution in [0.25, 0.3) is 16.9 Å². The third-order valence-electron chi connectivity index (χ3n) is 6.69. The first-order chi connectivity index (χ1) is 19.8. The summed E-state index contributed by atoms with van der Waals surface area (Å²) in [6, 6.07) is 20.1. The van der Waals surface area contributed by atoms with Gasteiger partial charge in [0, 0.05) is 34.4 Å². The molecule has 1 atom stereocenters. The molecule has 0 saturated carbocycles. The Hall–Kier alpha value is -4.80. The standard InChI is InChI=1S/C29H21Cl2N7O3/c30-19-6-9-24(38-15-26(31)35-36-38)21(13-19)23-14-28(40)37(16-32-23)25(10-17-4-2-1-3-5-17)29(41)33-20-7-8-22-18(11-20)12-27(39)34-22/h1-9,11,13-16,25H,10,12H2,(H,33,41)(H,34,39)/t25-/m0/s1. The smallest absolute Gasteiger partial charge is 0.254 e. The zero-order valence-corrected chi connectivity index (χ0v) is 22.8. The molecule has 1 aliphatic heterocycles. The van der Waals surface area contributed by atoms with Crippen LogP contribution in [0.15, 0.2) is 90.1 Å². The molecule has 6 rings (SSSR count). The Labute approximate surface area is 243 Å². The van der Waals surface area contributed by atoms with Gasteiger partial charge in [-0.2, -0.15) is 0 Å². The van der Waals surface area contributed by atoms with E-state index < -0.39 is 17.5 Å². The van der Waals surface area contributed by atoms with Crippen molar-refractivity contribution in [3.8, 4) is 16.9 Å². The fraction of sp³-hybridized carbons (Fsp3) is 0.103. The van der Waals surface area contributed by atoms with Crippen LogP contribution >= 0.6 is 23.2 Å². The second-order valence-electron chi connectivity index (χ2n) is 9.46. The van der Waals surface area contributed by atoms with Gasteiger partial charge in [-0.25, -0.2) is 9.67 Å². The highest BCUT2D eigenvalue weighted by Crippen LogP contribution is 2.29. The lowest BCUT2D eigenvalue weighted by Gasteiger charge is -2.20. The summed E-state index contributed by atoms with van der Waals surface area (Å²) < 4.78 is 2.77. The predicted molar refractivity (Wildman–Crippen MR) is 155 cm³/mol. The van der Waals surface area contributed by atoms with Gasteiger partial charge in [0.15, 0.2) is 5.15 Å². The molecule has 41 heavy (non-hydrogen) atoms. The number of carbonyl (C=O) groups is 2. The molecule has 0 saturated heterocycles. The monoisotopic (exact) mass is 585 g/mol. The van der Waals surface area contributed by atoms with E-state index >= 15 is 0 Å². The normalized spacial score (nSPS) is 13.0. The van der Waals surface area contributed by atoms with Crippen molar-refractivity contribution < 1.29 is 9.59 Å². The number of carbonyl (C=O) groups excluding carboxylic acids is 2. The SMILES string of the molecule is O=C1Cc2cc(NC(=O)[C@H](Cc3ccccc3)n3cnc(-c4cc(Cl)ccc4-n4cc(Cl)nn4)cc3=O)ccc2N1. The number of nitrogens with one attached hydrogen (secondary N) is 2. The lowest BCUT2D eigenvalue weighted by atomic mass is 10.0. The number of anilines is 2. The second kappa shape index (κ2) is 11.0. The molecule has 0 spiro atoms. The first-order valence-electron chi connectivity index (χ1n) is 12.6. The van der Waals surface area contributed by atoms with Gasteiger partial charge in [0.1, 0.15) is 6.04 Å². The fourth-order valence-corrected chi connectivity index (χ4v) is 5.05. The predicted octanol–water partition coefficient (Wildman–Crippen LogP) is 4.71. The van der Waals surface area contributed by atoms with Gasteiger partial charge < -0.3 is 10.6 Å². The highest BCUT2D eigenvalue weighted by atomic mass is 35.5. The highest BCUT2D eigenvalue weighted by molar-refractivity contribution is 6.31. The van der Waals surface area contributed by atoms with Crippen molar-refractivity contribution in [2.45, 2.75) is 18.9 Å². The molecule has 3 aromatic carbocycles. The Morgan fingerprint density at radius 2 is 1.85 bits per heavy atom. The van der Waals surface area contributed by atoms with Gasteiger partial charge in [-0.05, 0) is 47.5 Å². The van der Waals surface area contributed by atoms with E-state index in [1.54, 1.807) is 36.4 Å². The van der Waals surface area contributed by atoms with Crippen molar-refractivity contribution in [3.05, 3.63) is 117 Å². The topological polar surface area (TPSA) is 124 Å². The summed E-state index contributed by atoms with van der Waals surface area (Å²) >= 11 is 12.2. The quantitative estimate of drug-likeness (QED) is 0.285. The van der Waals surface area contributed by atoms with Crippen LogP contribution in [0.2, 0.25) is 10.2 Å². The number of fused-ring (bicyclic) bond motifs is 1. The molecule has 2 aromatic heterocycles. The van der Waals surface area contributed by atoms with E-state index in [4.69, 9.17) is 23.2 Å². The van der Waals surface area contributed by atoms with E-state index in [2.05, 4.69) is 25.9 Å². The Kier molecular flexibility index (Phi) is 7.08. The van der Waals surface area contributed by atoms with Crippen molar-refractivity contribution in [2.75, 3.05) is 10.6 Å². The summed E-state index contributed by atoms with van der Waals surface area (Å²) in [4.78, 5) is 43.5.